The van der Waals surface area contributed by atoms with E-state index in [1.54, 1.807) is 11.6 Å². The molecule has 0 unspecified atom stereocenters. The molecule has 1 aromatic carbocycles. The molecule has 0 aliphatic heterocycles. The predicted molar refractivity (Wildman–Crippen MR) is 141 cm³/mol. The van der Waals surface area contributed by atoms with Gasteiger partial charge in [-0.1, -0.05) is 37.5 Å². The molecular weight excluding hydrogens is 470 g/mol. The summed E-state index contributed by atoms with van der Waals surface area (Å²) in [5.41, 5.74) is 5.26. The topological polar surface area (TPSA) is 131 Å². The fourth-order valence-corrected chi connectivity index (χ4v) is 4.32. The molecule has 1 amide bonds. The van der Waals surface area contributed by atoms with Gasteiger partial charge in [-0.25, -0.2) is 14.8 Å². The van der Waals surface area contributed by atoms with E-state index < -0.39 is 6.09 Å². The SMILES string of the molecule is C[C@H](CO)NC(=O)O.Cn1cc(-c2cccc(-c3ncc(-c4cnn(C5CCCCC5)c4)cn3)c2)cn1. The van der Waals surface area contributed by atoms with Crippen LogP contribution in [0.15, 0.2) is 61.4 Å². The molecule has 3 aromatic heterocycles. The summed E-state index contributed by atoms with van der Waals surface area (Å²) in [4.78, 5) is 19.0. The number of nitrogens with zero attached hydrogens (tertiary/aromatic N) is 6. The normalized spacial score (nSPS) is 14.5. The first-order chi connectivity index (χ1) is 17.9. The second-order valence-corrected chi connectivity index (χ2v) is 9.31. The molecule has 0 bridgehead atoms. The number of aromatic nitrogens is 6. The molecule has 1 aliphatic rings. The van der Waals surface area contributed by atoms with E-state index in [-0.39, 0.29) is 12.6 Å². The smallest absolute Gasteiger partial charge is 0.404 e. The van der Waals surface area contributed by atoms with Crippen LogP contribution in [0.1, 0.15) is 45.1 Å². The van der Waals surface area contributed by atoms with Crippen molar-refractivity contribution in [2.24, 2.45) is 7.05 Å². The summed E-state index contributed by atoms with van der Waals surface area (Å²) in [6, 6.07) is 8.42. The van der Waals surface area contributed by atoms with E-state index in [4.69, 9.17) is 10.2 Å². The maximum Gasteiger partial charge on any atom is 0.404 e. The van der Waals surface area contributed by atoms with Gasteiger partial charge in [0.1, 0.15) is 0 Å². The third-order valence-corrected chi connectivity index (χ3v) is 6.34. The van der Waals surface area contributed by atoms with Crippen molar-refractivity contribution >= 4 is 6.09 Å². The summed E-state index contributed by atoms with van der Waals surface area (Å²) in [7, 11) is 1.92. The van der Waals surface area contributed by atoms with Crippen LogP contribution in [0, 0.1) is 0 Å². The number of aryl methyl sites for hydroxylation is 1. The molecule has 1 aliphatic carbocycles. The summed E-state index contributed by atoms with van der Waals surface area (Å²) >= 11 is 0. The Balaban J connectivity index is 0.000000349. The molecule has 5 rings (SSSR count). The number of hydrogen-bond acceptors (Lipinski definition) is 6. The van der Waals surface area contributed by atoms with Crippen LogP contribution in [0.25, 0.3) is 33.6 Å². The number of carboxylic acid groups (broad SMARTS) is 1. The van der Waals surface area contributed by atoms with E-state index in [1.807, 2.05) is 50.2 Å². The Morgan fingerprint density at radius 1 is 0.973 bits per heavy atom. The van der Waals surface area contributed by atoms with Gasteiger partial charge in [-0.2, -0.15) is 10.2 Å². The zero-order valence-electron chi connectivity index (χ0n) is 21.2. The van der Waals surface area contributed by atoms with Crippen LogP contribution in [-0.4, -0.2) is 58.5 Å². The van der Waals surface area contributed by atoms with Crippen LogP contribution in [0.5, 0.6) is 0 Å². The Morgan fingerprint density at radius 3 is 2.27 bits per heavy atom. The summed E-state index contributed by atoms with van der Waals surface area (Å²) in [6.45, 7) is 1.42. The molecule has 37 heavy (non-hydrogen) atoms. The molecule has 194 valence electrons. The minimum Gasteiger partial charge on any atom is -0.465 e. The summed E-state index contributed by atoms with van der Waals surface area (Å²) in [6.07, 6.45) is 17.0. The molecule has 0 spiro atoms. The molecule has 1 saturated carbocycles. The van der Waals surface area contributed by atoms with Gasteiger partial charge in [0.2, 0.25) is 0 Å². The molecular formula is C27H33N7O3. The van der Waals surface area contributed by atoms with Crippen molar-refractivity contribution in [2.75, 3.05) is 6.61 Å². The van der Waals surface area contributed by atoms with Crippen LogP contribution < -0.4 is 5.32 Å². The van der Waals surface area contributed by atoms with E-state index >= 15 is 0 Å². The Kier molecular flexibility index (Phi) is 8.63. The number of aliphatic hydroxyl groups is 1. The van der Waals surface area contributed by atoms with Crippen molar-refractivity contribution in [3.8, 4) is 33.6 Å². The first-order valence-corrected chi connectivity index (χ1v) is 12.5. The van der Waals surface area contributed by atoms with Crippen LogP contribution in [-0.2, 0) is 7.05 Å². The lowest BCUT2D eigenvalue weighted by atomic mass is 9.96. The number of hydrogen-bond donors (Lipinski definition) is 3. The van der Waals surface area contributed by atoms with Crippen molar-refractivity contribution in [3.63, 3.8) is 0 Å². The fraction of sp³-hybridized carbons (Fsp3) is 0.370. The Morgan fingerprint density at radius 2 is 1.65 bits per heavy atom. The number of rotatable bonds is 6. The minimum absolute atomic E-state index is 0.160. The van der Waals surface area contributed by atoms with Crippen molar-refractivity contribution < 1.29 is 15.0 Å². The van der Waals surface area contributed by atoms with E-state index in [0.717, 1.165) is 33.6 Å². The van der Waals surface area contributed by atoms with E-state index in [9.17, 15) is 4.79 Å². The Hall–Kier alpha value is -4.05. The van der Waals surface area contributed by atoms with Crippen molar-refractivity contribution in [1.29, 1.82) is 0 Å². The van der Waals surface area contributed by atoms with Gasteiger partial charge < -0.3 is 15.5 Å². The van der Waals surface area contributed by atoms with Crippen LogP contribution in [0.4, 0.5) is 4.79 Å². The first kappa shape index (κ1) is 26.0. The zero-order valence-corrected chi connectivity index (χ0v) is 21.2. The average molecular weight is 504 g/mol. The molecule has 0 saturated heterocycles. The van der Waals surface area contributed by atoms with Gasteiger partial charge in [-0.3, -0.25) is 9.36 Å². The number of amides is 1. The highest BCUT2D eigenvalue weighted by atomic mass is 16.4. The summed E-state index contributed by atoms with van der Waals surface area (Å²) < 4.78 is 3.93. The second-order valence-electron chi connectivity index (χ2n) is 9.31. The van der Waals surface area contributed by atoms with Gasteiger partial charge in [0, 0.05) is 54.1 Å². The van der Waals surface area contributed by atoms with Gasteiger partial charge in [0.25, 0.3) is 0 Å². The Labute approximate surface area is 216 Å². The summed E-state index contributed by atoms with van der Waals surface area (Å²) in [5, 5.41) is 27.2. The molecule has 3 heterocycles. The maximum absolute atomic E-state index is 9.75. The number of aliphatic hydroxyl groups excluding tert-OH is 1. The number of carbonyl (C=O) groups is 1. The quantitative estimate of drug-likeness (QED) is 0.352. The van der Waals surface area contributed by atoms with Crippen molar-refractivity contribution in [2.45, 2.75) is 51.1 Å². The molecule has 1 atom stereocenters. The molecule has 0 radical (unpaired) electrons. The fourth-order valence-electron chi connectivity index (χ4n) is 4.32. The first-order valence-electron chi connectivity index (χ1n) is 12.5. The monoisotopic (exact) mass is 503 g/mol. The largest absolute Gasteiger partial charge is 0.465 e. The molecule has 4 aromatic rings. The van der Waals surface area contributed by atoms with Crippen LogP contribution in [0.3, 0.4) is 0 Å². The van der Waals surface area contributed by atoms with Crippen molar-refractivity contribution in [3.05, 3.63) is 61.4 Å². The molecule has 10 heteroatoms. The number of benzene rings is 1. The molecule has 10 nitrogen and oxygen atoms in total. The van der Waals surface area contributed by atoms with Gasteiger partial charge >= 0.3 is 6.09 Å². The highest BCUT2D eigenvalue weighted by molar-refractivity contribution is 5.70. The third-order valence-electron chi connectivity index (χ3n) is 6.34. The lowest BCUT2D eigenvalue weighted by molar-refractivity contribution is 0.180. The van der Waals surface area contributed by atoms with E-state index in [2.05, 4.69) is 48.5 Å². The van der Waals surface area contributed by atoms with Gasteiger partial charge in [-0.15, -0.1) is 0 Å². The van der Waals surface area contributed by atoms with Gasteiger partial charge in [0.05, 0.1) is 31.1 Å². The summed E-state index contributed by atoms with van der Waals surface area (Å²) in [5.74, 6) is 0.721. The Bertz CT molecular complexity index is 1290. The maximum atomic E-state index is 9.75. The average Bonchev–Trinajstić information content (AvgIpc) is 3.59. The van der Waals surface area contributed by atoms with E-state index in [1.165, 1.54) is 32.1 Å². The number of nitrogens with one attached hydrogen (secondary N) is 1. The third kappa shape index (κ3) is 7.01. The van der Waals surface area contributed by atoms with Crippen LogP contribution in [0.2, 0.25) is 0 Å². The van der Waals surface area contributed by atoms with Gasteiger partial charge in [0.15, 0.2) is 5.82 Å². The second kappa shape index (κ2) is 12.3. The van der Waals surface area contributed by atoms with E-state index in [0.29, 0.717) is 6.04 Å². The molecule has 1 fully saturated rings. The van der Waals surface area contributed by atoms with Gasteiger partial charge in [-0.05, 0) is 31.4 Å². The standard InChI is InChI=1S/C23H24N6.C4H9NO3/c1-28-15-20(13-26-28)17-6-5-7-18(10-17)23-24-11-19(12-25-23)21-14-27-29(16-21)22-8-3-2-4-9-22;1-3(2-6)5-4(7)8/h5-7,10-16,22H,2-4,8-9H2,1H3;3,5-6H,2H2,1H3,(H,7,8)/t;3-/m.1/s1. The minimum atomic E-state index is -1.11. The van der Waals surface area contributed by atoms with Crippen LogP contribution >= 0.6 is 0 Å². The zero-order chi connectivity index (χ0) is 26.2. The lowest BCUT2D eigenvalue weighted by Crippen LogP contribution is -2.33. The highest BCUT2D eigenvalue weighted by Gasteiger charge is 2.16. The lowest BCUT2D eigenvalue weighted by Gasteiger charge is -2.21. The highest BCUT2D eigenvalue weighted by Crippen LogP contribution is 2.29. The molecule has 3 N–H and O–H groups in total. The van der Waals surface area contributed by atoms with Crippen molar-refractivity contribution in [1.82, 2.24) is 34.8 Å². The predicted octanol–water partition coefficient (Wildman–Crippen LogP) is 4.55.